The minimum atomic E-state index is -3.31. The molecule has 170 valence electrons. The average Bonchev–Trinajstić information content (AvgIpc) is 3.29. The first-order chi connectivity index (χ1) is 14.5. The molecule has 1 aliphatic heterocycles. The van der Waals surface area contributed by atoms with E-state index in [1.807, 2.05) is 4.90 Å². The topological polar surface area (TPSA) is 121 Å². The van der Waals surface area contributed by atoms with Crippen molar-refractivity contribution in [3.05, 3.63) is 32.5 Å². The van der Waals surface area contributed by atoms with E-state index in [0.717, 1.165) is 6.26 Å². The summed E-state index contributed by atoms with van der Waals surface area (Å²) < 4.78 is 28.8. The minimum Gasteiger partial charge on any atom is -0.465 e. The molecule has 2 aromatic rings. The van der Waals surface area contributed by atoms with E-state index in [-0.39, 0.29) is 27.4 Å². The molecule has 2 unspecified atom stereocenters. The van der Waals surface area contributed by atoms with Crippen LogP contribution in [-0.4, -0.2) is 68.5 Å². The van der Waals surface area contributed by atoms with Crippen LogP contribution in [0.2, 0.25) is 10.0 Å². The summed E-state index contributed by atoms with van der Waals surface area (Å²) in [6.45, 7) is 2.58. The number of thiazole rings is 1. The van der Waals surface area contributed by atoms with Crippen molar-refractivity contribution in [3.8, 4) is 0 Å². The summed E-state index contributed by atoms with van der Waals surface area (Å²) in [6, 6.07) is -0.392. The molecule has 0 saturated carbocycles. The van der Waals surface area contributed by atoms with Gasteiger partial charge in [-0.2, -0.15) is 0 Å². The zero-order chi connectivity index (χ0) is 22.9. The third-order valence-corrected chi connectivity index (χ3v) is 8.02. The summed E-state index contributed by atoms with van der Waals surface area (Å²) in [5.74, 6) is -1.42. The quantitative estimate of drug-likeness (QED) is 0.574. The number of anilines is 1. The van der Waals surface area contributed by atoms with Crippen LogP contribution >= 0.6 is 34.5 Å². The molecule has 1 aliphatic rings. The van der Waals surface area contributed by atoms with Crippen LogP contribution in [0.5, 0.6) is 0 Å². The van der Waals surface area contributed by atoms with Gasteiger partial charge in [0.2, 0.25) is 0 Å². The molecule has 3 heterocycles. The number of aromatic amines is 1. The fourth-order valence-corrected chi connectivity index (χ4v) is 5.93. The molecule has 0 spiro atoms. The van der Waals surface area contributed by atoms with Crippen LogP contribution < -0.4 is 10.2 Å². The fraction of sp³-hybridized carbons (Fsp3) is 0.500. The number of hydrogen-bond donors (Lipinski definition) is 2. The largest absolute Gasteiger partial charge is 0.465 e. The number of ether oxygens (including phenoxy) is 1. The van der Waals surface area contributed by atoms with E-state index in [2.05, 4.69) is 15.3 Å². The Morgan fingerprint density at radius 3 is 2.68 bits per heavy atom. The smallest absolute Gasteiger partial charge is 0.349 e. The molecule has 2 atom stereocenters. The molecule has 13 heteroatoms. The molecule has 1 amide bonds. The van der Waals surface area contributed by atoms with E-state index in [4.69, 9.17) is 27.9 Å². The van der Waals surface area contributed by atoms with Gasteiger partial charge in [0, 0.05) is 37.0 Å². The maximum atomic E-state index is 12.8. The third-order valence-electron chi connectivity index (χ3n) is 5.00. The highest BCUT2D eigenvalue weighted by Crippen LogP contribution is 2.31. The van der Waals surface area contributed by atoms with E-state index in [9.17, 15) is 18.0 Å². The lowest BCUT2D eigenvalue weighted by Crippen LogP contribution is -2.53. The molecule has 0 aliphatic carbocycles. The van der Waals surface area contributed by atoms with Gasteiger partial charge in [-0.15, -0.1) is 0 Å². The predicted octanol–water partition coefficient (Wildman–Crippen LogP) is 2.54. The lowest BCUT2D eigenvalue weighted by molar-refractivity contribution is 0.0605. The fourth-order valence-electron chi connectivity index (χ4n) is 3.53. The predicted molar refractivity (Wildman–Crippen MR) is 120 cm³/mol. The van der Waals surface area contributed by atoms with Crippen LogP contribution in [0, 0.1) is 12.8 Å². The van der Waals surface area contributed by atoms with Crippen LogP contribution in [0.25, 0.3) is 0 Å². The van der Waals surface area contributed by atoms with Crippen molar-refractivity contribution < 1.29 is 22.7 Å². The van der Waals surface area contributed by atoms with Crippen molar-refractivity contribution in [1.29, 1.82) is 0 Å². The summed E-state index contributed by atoms with van der Waals surface area (Å²) in [5, 5.41) is 3.90. The number of aryl methyl sites for hydroxylation is 1. The number of esters is 1. The second-order valence-electron chi connectivity index (χ2n) is 7.42. The molecule has 1 saturated heterocycles. The molecule has 9 nitrogen and oxygen atoms in total. The maximum Gasteiger partial charge on any atom is 0.349 e. The van der Waals surface area contributed by atoms with Gasteiger partial charge < -0.3 is 19.9 Å². The SMILES string of the molecule is COC(=O)c1cnc(N2CCC(NC(=O)c3[nH]c(C)c(Cl)c3Cl)C(CS(C)(=O)=O)C2)s1. The van der Waals surface area contributed by atoms with Gasteiger partial charge >= 0.3 is 5.97 Å². The Labute approximate surface area is 194 Å². The van der Waals surface area contributed by atoms with Gasteiger partial charge in [-0.3, -0.25) is 4.79 Å². The number of sulfone groups is 1. The number of aromatic nitrogens is 2. The van der Waals surface area contributed by atoms with Gasteiger partial charge in [0.1, 0.15) is 20.4 Å². The number of amides is 1. The van der Waals surface area contributed by atoms with Crippen LogP contribution in [-0.2, 0) is 14.6 Å². The Balaban J connectivity index is 1.78. The lowest BCUT2D eigenvalue weighted by atomic mass is 9.93. The first-order valence-electron chi connectivity index (χ1n) is 9.31. The number of halogens is 2. The molecule has 31 heavy (non-hydrogen) atoms. The van der Waals surface area contributed by atoms with Gasteiger partial charge in [-0.1, -0.05) is 34.5 Å². The zero-order valence-corrected chi connectivity index (χ0v) is 20.2. The van der Waals surface area contributed by atoms with Crippen molar-refractivity contribution in [1.82, 2.24) is 15.3 Å². The lowest BCUT2D eigenvalue weighted by Gasteiger charge is -2.38. The van der Waals surface area contributed by atoms with Gasteiger partial charge in [-0.25, -0.2) is 18.2 Å². The molecule has 0 bridgehead atoms. The number of rotatable bonds is 6. The van der Waals surface area contributed by atoms with Crippen LogP contribution in [0.3, 0.4) is 0 Å². The number of piperidine rings is 1. The monoisotopic (exact) mass is 508 g/mol. The molecule has 2 N–H and O–H groups in total. The summed E-state index contributed by atoms with van der Waals surface area (Å²) in [6.07, 6.45) is 3.09. The number of nitrogens with one attached hydrogen (secondary N) is 2. The van der Waals surface area contributed by atoms with Crippen molar-refractivity contribution in [2.45, 2.75) is 19.4 Å². The minimum absolute atomic E-state index is 0.109. The highest BCUT2D eigenvalue weighted by atomic mass is 35.5. The molecule has 0 radical (unpaired) electrons. The Kier molecular flexibility index (Phi) is 7.19. The van der Waals surface area contributed by atoms with Crippen molar-refractivity contribution in [2.75, 3.05) is 37.1 Å². The number of methoxy groups -OCH3 is 1. The van der Waals surface area contributed by atoms with Gasteiger partial charge in [-0.05, 0) is 13.3 Å². The Morgan fingerprint density at radius 1 is 1.39 bits per heavy atom. The zero-order valence-electron chi connectivity index (χ0n) is 17.1. The number of carbonyl (C=O) groups excluding carboxylic acids is 2. The number of carbonyl (C=O) groups is 2. The number of nitrogens with zero attached hydrogens (tertiary/aromatic N) is 2. The van der Waals surface area contributed by atoms with E-state index < -0.39 is 27.8 Å². The van der Waals surface area contributed by atoms with Gasteiger partial charge in [0.15, 0.2) is 5.13 Å². The summed E-state index contributed by atoms with van der Waals surface area (Å²) in [7, 11) is -2.01. The summed E-state index contributed by atoms with van der Waals surface area (Å²) in [5.41, 5.74) is 0.719. The van der Waals surface area contributed by atoms with E-state index in [1.165, 1.54) is 24.6 Å². The third kappa shape index (κ3) is 5.51. The highest BCUT2D eigenvalue weighted by Gasteiger charge is 2.34. The normalized spacial score (nSPS) is 19.3. The Bertz CT molecular complexity index is 1100. The van der Waals surface area contributed by atoms with Crippen molar-refractivity contribution in [3.63, 3.8) is 0 Å². The summed E-state index contributed by atoms with van der Waals surface area (Å²) in [4.78, 5) is 33.9. The highest BCUT2D eigenvalue weighted by molar-refractivity contribution is 7.90. The van der Waals surface area contributed by atoms with Crippen LogP contribution in [0.4, 0.5) is 5.13 Å². The molecule has 0 aromatic carbocycles. The molecule has 3 rings (SSSR count). The Hall–Kier alpha value is -1.82. The van der Waals surface area contributed by atoms with E-state index in [0.29, 0.717) is 35.2 Å². The second kappa shape index (κ2) is 9.35. The second-order valence-corrected chi connectivity index (χ2v) is 11.4. The van der Waals surface area contributed by atoms with Crippen LogP contribution in [0.15, 0.2) is 6.20 Å². The average molecular weight is 509 g/mol. The molecular weight excluding hydrogens is 487 g/mol. The van der Waals surface area contributed by atoms with Gasteiger partial charge in [0.25, 0.3) is 5.91 Å². The molecule has 2 aromatic heterocycles. The molecule has 1 fully saturated rings. The first kappa shape index (κ1) is 23.8. The maximum absolute atomic E-state index is 12.8. The van der Waals surface area contributed by atoms with Crippen molar-refractivity contribution in [2.24, 2.45) is 5.92 Å². The van der Waals surface area contributed by atoms with Gasteiger partial charge in [0.05, 0.1) is 29.1 Å². The van der Waals surface area contributed by atoms with Crippen LogP contribution in [0.1, 0.15) is 32.3 Å². The number of hydrogen-bond acceptors (Lipinski definition) is 8. The molecular formula is C18H22Cl2N4O5S2. The van der Waals surface area contributed by atoms with E-state index >= 15 is 0 Å². The van der Waals surface area contributed by atoms with E-state index in [1.54, 1.807) is 6.92 Å². The Morgan fingerprint density at radius 2 is 2.10 bits per heavy atom. The standard InChI is InChI=1S/C18H22Cl2N4O5S2/c1-9-13(19)14(20)15(22-9)16(25)23-11-4-5-24(7-10(11)8-31(3,27)28)18-21-6-12(30-18)17(26)29-2/h6,10-11,22H,4-5,7-8H2,1-3H3,(H,23,25). The number of H-pyrrole nitrogens is 1. The van der Waals surface area contributed by atoms with Crippen molar-refractivity contribution >= 4 is 61.4 Å². The summed E-state index contributed by atoms with van der Waals surface area (Å²) >= 11 is 13.4. The first-order valence-corrected chi connectivity index (χ1v) is 12.9.